The van der Waals surface area contributed by atoms with Crippen molar-refractivity contribution in [3.63, 3.8) is 0 Å². The molecule has 0 aliphatic heterocycles. The lowest BCUT2D eigenvalue weighted by atomic mass is 9.95. The Kier molecular flexibility index (Phi) is 1.86. The van der Waals surface area contributed by atoms with E-state index in [4.69, 9.17) is 0 Å². The average molecular weight is 142 g/mol. The van der Waals surface area contributed by atoms with Crippen LogP contribution in [0.25, 0.3) is 11.1 Å². The van der Waals surface area contributed by atoms with E-state index in [1.807, 2.05) is 0 Å². The van der Waals surface area contributed by atoms with Crippen molar-refractivity contribution in [3.05, 3.63) is 24.3 Å². The van der Waals surface area contributed by atoms with Gasteiger partial charge in [0.05, 0.1) is 0 Å². The summed E-state index contributed by atoms with van der Waals surface area (Å²) in [6.07, 6.45) is 0. The lowest BCUT2D eigenvalue weighted by Gasteiger charge is -2.10. The van der Waals surface area contributed by atoms with Crippen molar-refractivity contribution in [2.24, 2.45) is 0 Å². The molecule has 0 spiro atoms. The van der Waals surface area contributed by atoms with E-state index in [1.165, 1.54) is 11.1 Å². The summed E-state index contributed by atoms with van der Waals surface area (Å²) in [5.74, 6) is 0. The molecular formula is C6H6S2. The molecule has 42 valence electrons. The maximum atomic E-state index is 3.22. The van der Waals surface area contributed by atoms with Gasteiger partial charge in [-0.2, -0.15) is 0 Å². The van der Waals surface area contributed by atoms with Crippen LogP contribution in [0.5, 0.6) is 0 Å². The molecule has 2 aliphatic rings. The molecule has 2 rings (SSSR count). The summed E-state index contributed by atoms with van der Waals surface area (Å²) in [5, 5.41) is 0. The van der Waals surface area contributed by atoms with Crippen molar-refractivity contribution in [2.45, 2.75) is 0 Å². The molecular weight excluding hydrogens is 136 g/mol. The number of thiol groups is 2. The van der Waals surface area contributed by atoms with Gasteiger partial charge in [0.15, 0.2) is 0 Å². The quantitative estimate of drug-likeness (QED) is 0.409. The zero-order valence-corrected chi connectivity index (χ0v) is 5.99. The van der Waals surface area contributed by atoms with Crippen molar-refractivity contribution in [3.8, 4) is 11.1 Å². The molecule has 2 aliphatic carbocycles. The SMILES string of the molecule is SS.c1cc2ccc1-2. The zero-order chi connectivity index (χ0) is 5.98. The summed E-state index contributed by atoms with van der Waals surface area (Å²) < 4.78 is 0. The molecule has 2 heteroatoms. The predicted molar refractivity (Wildman–Crippen MR) is 43.4 cm³/mol. The second kappa shape index (κ2) is 2.46. The van der Waals surface area contributed by atoms with Crippen LogP contribution in [0.3, 0.4) is 0 Å². The highest BCUT2D eigenvalue weighted by Gasteiger charge is 2.03. The molecule has 0 unspecified atom stereocenters. The van der Waals surface area contributed by atoms with Crippen molar-refractivity contribution in [1.29, 1.82) is 0 Å². The van der Waals surface area contributed by atoms with Gasteiger partial charge in [-0.05, 0) is 11.1 Å². The van der Waals surface area contributed by atoms with Gasteiger partial charge in [0.1, 0.15) is 0 Å². The Balaban J connectivity index is 0.000000147. The van der Waals surface area contributed by atoms with Crippen molar-refractivity contribution < 1.29 is 0 Å². The van der Waals surface area contributed by atoms with Crippen LogP contribution in [0.15, 0.2) is 24.3 Å². The number of fused-ring (bicyclic) bond motifs is 1. The lowest BCUT2D eigenvalue weighted by molar-refractivity contribution is 1.55. The molecule has 0 fully saturated rings. The second-order valence-electron chi connectivity index (χ2n) is 1.58. The second-order valence-corrected chi connectivity index (χ2v) is 1.58. The van der Waals surface area contributed by atoms with Crippen LogP contribution >= 0.6 is 23.3 Å². The van der Waals surface area contributed by atoms with Crippen LogP contribution in [0.1, 0.15) is 0 Å². The third-order valence-electron chi connectivity index (χ3n) is 1.22. The molecule has 0 nitrogen and oxygen atoms in total. The molecule has 0 saturated carbocycles. The van der Waals surface area contributed by atoms with E-state index in [0.29, 0.717) is 0 Å². The van der Waals surface area contributed by atoms with Crippen LogP contribution in [0.2, 0.25) is 0 Å². The monoisotopic (exact) mass is 142 g/mol. The van der Waals surface area contributed by atoms with Gasteiger partial charge in [0.25, 0.3) is 0 Å². The van der Waals surface area contributed by atoms with Gasteiger partial charge in [-0.1, -0.05) is 24.3 Å². The summed E-state index contributed by atoms with van der Waals surface area (Å²) in [5.41, 5.74) is 2.85. The highest BCUT2D eigenvalue weighted by atomic mass is 33.1. The molecule has 8 heavy (non-hydrogen) atoms. The molecule has 0 N–H and O–H groups in total. The molecule has 0 radical (unpaired) electrons. The number of benzene rings is 1. The fourth-order valence-corrected chi connectivity index (χ4v) is 0.663. The Morgan fingerprint density at radius 3 is 1.00 bits per heavy atom. The van der Waals surface area contributed by atoms with E-state index in [0.717, 1.165) is 0 Å². The van der Waals surface area contributed by atoms with E-state index >= 15 is 0 Å². The Bertz CT molecular complexity index is 145. The molecule has 0 aromatic carbocycles. The topological polar surface area (TPSA) is 0 Å². The average Bonchev–Trinajstić information content (AvgIpc) is 1.83. The Hall–Kier alpha value is -0.0800. The Labute approximate surface area is 59.1 Å². The first-order valence-corrected chi connectivity index (χ1v) is 3.87. The molecule has 0 bridgehead atoms. The summed E-state index contributed by atoms with van der Waals surface area (Å²) in [6, 6.07) is 8.48. The minimum absolute atomic E-state index is 1.43. The minimum Gasteiger partial charge on any atom is -0.115 e. The van der Waals surface area contributed by atoms with E-state index < -0.39 is 0 Å². The lowest BCUT2D eigenvalue weighted by Crippen LogP contribution is -1.85. The summed E-state index contributed by atoms with van der Waals surface area (Å²) >= 11 is 6.44. The molecule has 0 atom stereocenters. The van der Waals surface area contributed by atoms with Gasteiger partial charge < -0.3 is 0 Å². The highest BCUT2D eigenvalue weighted by molar-refractivity contribution is 8.59. The third-order valence-corrected chi connectivity index (χ3v) is 1.22. The first kappa shape index (κ1) is 6.05. The maximum absolute atomic E-state index is 3.22. The first-order chi connectivity index (χ1) is 3.97. The van der Waals surface area contributed by atoms with Gasteiger partial charge >= 0.3 is 0 Å². The van der Waals surface area contributed by atoms with Gasteiger partial charge in [0.2, 0.25) is 0 Å². The summed E-state index contributed by atoms with van der Waals surface area (Å²) in [6.45, 7) is 0. The van der Waals surface area contributed by atoms with Crippen LogP contribution in [0.4, 0.5) is 0 Å². The van der Waals surface area contributed by atoms with Gasteiger partial charge in [0, 0.05) is 0 Å². The van der Waals surface area contributed by atoms with Crippen molar-refractivity contribution in [1.82, 2.24) is 0 Å². The van der Waals surface area contributed by atoms with E-state index in [-0.39, 0.29) is 0 Å². The number of hydrogen-bond donors (Lipinski definition) is 2. The fourth-order valence-electron chi connectivity index (χ4n) is 0.663. The van der Waals surface area contributed by atoms with E-state index in [9.17, 15) is 0 Å². The largest absolute Gasteiger partial charge is 0.115 e. The summed E-state index contributed by atoms with van der Waals surface area (Å²) in [7, 11) is 0. The fraction of sp³-hybridized carbons (Fsp3) is 0. The Morgan fingerprint density at radius 1 is 0.750 bits per heavy atom. The summed E-state index contributed by atoms with van der Waals surface area (Å²) in [4.78, 5) is 0. The van der Waals surface area contributed by atoms with E-state index in [2.05, 4.69) is 47.6 Å². The van der Waals surface area contributed by atoms with Gasteiger partial charge in [-0.15, -0.1) is 23.3 Å². The molecule has 0 amide bonds. The van der Waals surface area contributed by atoms with Crippen molar-refractivity contribution >= 4 is 23.3 Å². The maximum Gasteiger partial charge on any atom is -0.0184 e. The molecule has 0 aromatic rings. The highest BCUT2D eigenvalue weighted by Crippen LogP contribution is 2.29. The molecule has 0 saturated heterocycles. The molecule has 0 aromatic heterocycles. The first-order valence-electron chi connectivity index (χ1n) is 2.27. The van der Waals surface area contributed by atoms with Crippen LogP contribution in [-0.4, -0.2) is 0 Å². The van der Waals surface area contributed by atoms with Crippen LogP contribution in [0, 0.1) is 0 Å². The minimum atomic E-state index is 1.43. The predicted octanol–water partition coefficient (Wildman–Crippen LogP) is 2.43. The normalized spacial score (nSPS) is 9.25. The number of hydrogen-bond acceptors (Lipinski definition) is 2. The standard InChI is InChI=1S/C6H4.H2S2/c1-2-6-4-3-5(1)6;1-2/h1-4H;1-2H. The molecule has 0 heterocycles. The van der Waals surface area contributed by atoms with Gasteiger partial charge in [-0.3, -0.25) is 0 Å². The Morgan fingerprint density at radius 2 is 1.00 bits per heavy atom. The van der Waals surface area contributed by atoms with Crippen LogP contribution < -0.4 is 0 Å². The van der Waals surface area contributed by atoms with Crippen molar-refractivity contribution in [2.75, 3.05) is 0 Å². The number of rotatable bonds is 0. The van der Waals surface area contributed by atoms with E-state index in [1.54, 1.807) is 0 Å². The smallest absolute Gasteiger partial charge is 0.0184 e. The zero-order valence-electron chi connectivity index (χ0n) is 4.20. The van der Waals surface area contributed by atoms with Crippen LogP contribution in [-0.2, 0) is 0 Å². The third kappa shape index (κ3) is 0.740. The van der Waals surface area contributed by atoms with Gasteiger partial charge in [-0.25, -0.2) is 0 Å².